The van der Waals surface area contributed by atoms with Crippen molar-refractivity contribution in [3.05, 3.63) is 84.8 Å². The Balaban J connectivity index is 1.51. The number of amides is 1. The molecule has 2 heterocycles. The predicted octanol–water partition coefficient (Wildman–Crippen LogP) is 5.31. The van der Waals surface area contributed by atoms with Crippen LogP contribution in [0.25, 0.3) is 22.5 Å². The van der Waals surface area contributed by atoms with Crippen LogP contribution in [0.1, 0.15) is 18.7 Å². The summed E-state index contributed by atoms with van der Waals surface area (Å²) in [6.07, 6.45) is 1.60. The SMILES string of the molecule is CC(NC(=O)CSc1nc(-c2ccccc2)c(-c2ccccc2)[nH]1)c1ccco1. The van der Waals surface area contributed by atoms with E-state index in [1.54, 1.807) is 6.26 Å². The van der Waals surface area contributed by atoms with Crippen molar-refractivity contribution in [2.75, 3.05) is 5.75 Å². The first-order valence-electron chi connectivity index (χ1n) is 9.37. The third-order valence-electron chi connectivity index (χ3n) is 4.48. The van der Waals surface area contributed by atoms with Crippen molar-refractivity contribution in [2.45, 2.75) is 18.1 Å². The zero-order chi connectivity index (χ0) is 20.1. The maximum absolute atomic E-state index is 12.3. The Morgan fingerprint density at radius 3 is 2.38 bits per heavy atom. The molecular formula is C23H21N3O2S. The van der Waals surface area contributed by atoms with Gasteiger partial charge < -0.3 is 14.7 Å². The second-order valence-electron chi connectivity index (χ2n) is 6.59. The Morgan fingerprint density at radius 2 is 1.72 bits per heavy atom. The molecule has 2 N–H and O–H groups in total. The van der Waals surface area contributed by atoms with Crippen LogP contribution in [0.3, 0.4) is 0 Å². The van der Waals surface area contributed by atoms with E-state index in [1.165, 1.54) is 11.8 Å². The molecule has 146 valence electrons. The van der Waals surface area contributed by atoms with E-state index in [9.17, 15) is 4.79 Å². The fourth-order valence-electron chi connectivity index (χ4n) is 3.06. The Labute approximate surface area is 173 Å². The summed E-state index contributed by atoms with van der Waals surface area (Å²) in [5.41, 5.74) is 3.92. The molecule has 0 radical (unpaired) electrons. The molecule has 0 saturated carbocycles. The highest BCUT2D eigenvalue weighted by Crippen LogP contribution is 2.32. The van der Waals surface area contributed by atoms with Gasteiger partial charge in [0.2, 0.25) is 5.91 Å². The summed E-state index contributed by atoms with van der Waals surface area (Å²) in [6.45, 7) is 1.90. The Morgan fingerprint density at radius 1 is 1.03 bits per heavy atom. The van der Waals surface area contributed by atoms with Crippen LogP contribution in [0.4, 0.5) is 0 Å². The number of nitrogens with zero attached hydrogens (tertiary/aromatic N) is 1. The predicted molar refractivity (Wildman–Crippen MR) is 115 cm³/mol. The van der Waals surface area contributed by atoms with Gasteiger partial charge in [-0.15, -0.1) is 0 Å². The van der Waals surface area contributed by atoms with Gasteiger partial charge in [-0.1, -0.05) is 72.4 Å². The van der Waals surface area contributed by atoms with Gasteiger partial charge in [0.15, 0.2) is 5.16 Å². The number of nitrogens with one attached hydrogen (secondary N) is 2. The normalized spacial score (nSPS) is 11.9. The molecule has 1 atom stereocenters. The van der Waals surface area contributed by atoms with Gasteiger partial charge in [-0.3, -0.25) is 4.79 Å². The van der Waals surface area contributed by atoms with Crippen LogP contribution in [0.2, 0.25) is 0 Å². The highest BCUT2D eigenvalue weighted by molar-refractivity contribution is 7.99. The number of hydrogen-bond donors (Lipinski definition) is 2. The first-order chi connectivity index (χ1) is 14.2. The Bertz CT molecular complexity index is 1000. The van der Waals surface area contributed by atoms with Crippen LogP contribution >= 0.6 is 11.8 Å². The van der Waals surface area contributed by atoms with E-state index in [1.807, 2.05) is 79.7 Å². The molecule has 2 aromatic heterocycles. The number of thioether (sulfide) groups is 1. The molecule has 0 fully saturated rings. The molecule has 0 aliphatic heterocycles. The average molecular weight is 404 g/mol. The quantitative estimate of drug-likeness (QED) is 0.411. The van der Waals surface area contributed by atoms with Gasteiger partial charge in [0.25, 0.3) is 0 Å². The van der Waals surface area contributed by atoms with Gasteiger partial charge in [-0.25, -0.2) is 4.98 Å². The van der Waals surface area contributed by atoms with Crippen LogP contribution in [0.15, 0.2) is 88.6 Å². The second kappa shape index (κ2) is 8.84. The monoisotopic (exact) mass is 403 g/mol. The molecule has 5 nitrogen and oxygen atoms in total. The van der Waals surface area contributed by atoms with Crippen molar-refractivity contribution in [2.24, 2.45) is 0 Å². The fraction of sp³-hybridized carbons (Fsp3) is 0.130. The zero-order valence-electron chi connectivity index (χ0n) is 16.0. The van der Waals surface area contributed by atoms with E-state index in [-0.39, 0.29) is 17.7 Å². The lowest BCUT2D eigenvalue weighted by molar-refractivity contribution is -0.119. The molecule has 0 aliphatic rings. The van der Waals surface area contributed by atoms with E-state index in [4.69, 9.17) is 9.40 Å². The van der Waals surface area contributed by atoms with Crippen LogP contribution < -0.4 is 5.32 Å². The van der Waals surface area contributed by atoms with Gasteiger partial charge >= 0.3 is 0 Å². The van der Waals surface area contributed by atoms with Crippen molar-refractivity contribution < 1.29 is 9.21 Å². The summed E-state index contributed by atoms with van der Waals surface area (Å²) >= 11 is 1.38. The number of carbonyl (C=O) groups excluding carboxylic acids is 1. The van der Waals surface area contributed by atoms with Crippen molar-refractivity contribution in [3.63, 3.8) is 0 Å². The molecule has 0 aliphatic carbocycles. The minimum Gasteiger partial charge on any atom is -0.467 e. The minimum atomic E-state index is -0.172. The van der Waals surface area contributed by atoms with Crippen molar-refractivity contribution >= 4 is 17.7 Å². The summed E-state index contributed by atoms with van der Waals surface area (Å²) in [6, 6.07) is 23.6. The molecule has 1 unspecified atom stereocenters. The van der Waals surface area contributed by atoms with Crippen LogP contribution in [-0.2, 0) is 4.79 Å². The lowest BCUT2D eigenvalue weighted by atomic mass is 10.1. The molecule has 29 heavy (non-hydrogen) atoms. The van der Waals surface area contributed by atoms with E-state index in [0.717, 1.165) is 28.3 Å². The van der Waals surface area contributed by atoms with E-state index in [2.05, 4.69) is 10.3 Å². The molecule has 1 amide bonds. The van der Waals surface area contributed by atoms with Crippen molar-refractivity contribution in [3.8, 4) is 22.5 Å². The van der Waals surface area contributed by atoms with Crippen molar-refractivity contribution in [1.82, 2.24) is 15.3 Å². The number of furan rings is 1. The van der Waals surface area contributed by atoms with E-state index < -0.39 is 0 Å². The van der Waals surface area contributed by atoms with Crippen LogP contribution in [-0.4, -0.2) is 21.6 Å². The van der Waals surface area contributed by atoms with Crippen LogP contribution in [0, 0.1) is 0 Å². The summed E-state index contributed by atoms with van der Waals surface area (Å²) in [4.78, 5) is 20.5. The Hall–Kier alpha value is -3.25. The van der Waals surface area contributed by atoms with Gasteiger partial charge in [-0.2, -0.15) is 0 Å². The van der Waals surface area contributed by atoms with Gasteiger partial charge in [0.1, 0.15) is 5.76 Å². The number of carbonyl (C=O) groups is 1. The third kappa shape index (κ3) is 4.60. The smallest absolute Gasteiger partial charge is 0.231 e. The average Bonchev–Trinajstić information content (AvgIpc) is 3.44. The first-order valence-corrected chi connectivity index (χ1v) is 10.4. The lowest BCUT2D eigenvalue weighted by Gasteiger charge is -2.10. The molecule has 4 aromatic rings. The molecule has 2 aromatic carbocycles. The highest BCUT2D eigenvalue weighted by atomic mass is 32.2. The van der Waals surface area contributed by atoms with E-state index in [0.29, 0.717) is 5.16 Å². The minimum absolute atomic E-state index is 0.0715. The molecular weight excluding hydrogens is 382 g/mol. The lowest BCUT2D eigenvalue weighted by Crippen LogP contribution is -2.27. The topological polar surface area (TPSA) is 70.9 Å². The molecule has 0 saturated heterocycles. The number of imidazole rings is 1. The Kier molecular flexibility index (Phi) is 5.81. The van der Waals surface area contributed by atoms with E-state index >= 15 is 0 Å². The molecule has 0 spiro atoms. The maximum atomic E-state index is 12.3. The summed E-state index contributed by atoms with van der Waals surface area (Å²) in [5, 5.41) is 3.65. The summed E-state index contributed by atoms with van der Waals surface area (Å²) in [7, 11) is 0. The summed E-state index contributed by atoms with van der Waals surface area (Å²) in [5.74, 6) is 0.929. The number of aromatic amines is 1. The number of aromatic nitrogens is 2. The molecule has 6 heteroatoms. The van der Waals surface area contributed by atoms with Crippen LogP contribution in [0.5, 0.6) is 0 Å². The molecule has 4 rings (SSSR count). The highest BCUT2D eigenvalue weighted by Gasteiger charge is 2.16. The summed E-state index contributed by atoms with van der Waals surface area (Å²) < 4.78 is 5.34. The number of H-pyrrole nitrogens is 1. The standard InChI is InChI=1S/C23H21N3O2S/c1-16(19-13-8-14-28-19)24-20(27)15-29-23-25-21(17-9-4-2-5-10-17)22(26-23)18-11-6-3-7-12-18/h2-14,16H,15H2,1H3,(H,24,27)(H,25,26). The van der Waals surface area contributed by atoms with Gasteiger partial charge in [0, 0.05) is 11.1 Å². The zero-order valence-corrected chi connectivity index (χ0v) is 16.8. The largest absolute Gasteiger partial charge is 0.467 e. The molecule has 0 bridgehead atoms. The number of hydrogen-bond acceptors (Lipinski definition) is 4. The fourth-order valence-corrected chi connectivity index (χ4v) is 3.75. The van der Waals surface area contributed by atoms with Gasteiger partial charge in [-0.05, 0) is 19.1 Å². The third-order valence-corrected chi connectivity index (χ3v) is 5.35. The first kappa shape index (κ1) is 19.1. The van der Waals surface area contributed by atoms with Crippen molar-refractivity contribution in [1.29, 1.82) is 0 Å². The number of rotatable bonds is 7. The number of benzene rings is 2. The van der Waals surface area contributed by atoms with Gasteiger partial charge in [0.05, 0.1) is 29.4 Å². The second-order valence-corrected chi connectivity index (χ2v) is 7.55. The maximum Gasteiger partial charge on any atom is 0.231 e.